The standard InChI is InChI=1S/C21H26N2O2S/c1-17-7-9-18(10-8-17)25-15-13-22-12-11-21(24)23-14-4-16-26-20-6-3-2-5-19(20)23/h2-3,5-10,22H,4,11-16H2,1H3. The molecule has 0 saturated carbocycles. The number of para-hydroxylation sites is 1. The molecule has 1 N–H and O–H groups in total. The monoisotopic (exact) mass is 370 g/mol. The molecule has 1 aliphatic heterocycles. The summed E-state index contributed by atoms with van der Waals surface area (Å²) >= 11 is 1.84. The first-order valence-corrected chi connectivity index (χ1v) is 10.1. The minimum absolute atomic E-state index is 0.187. The maximum Gasteiger partial charge on any atom is 0.228 e. The van der Waals surface area contributed by atoms with Crippen LogP contribution >= 0.6 is 11.8 Å². The van der Waals surface area contributed by atoms with E-state index in [0.717, 1.165) is 36.7 Å². The highest BCUT2D eigenvalue weighted by molar-refractivity contribution is 7.99. The van der Waals surface area contributed by atoms with Gasteiger partial charge in [0.05, 0.1) is 5.69 Å². The molecule has 2 aromatic rings. The smallest absolute Gasteiger partial charge is 0.228 e. The van der Waals surface area contributed by atoms with Crippen LogP contribution in [0.3, 0.4) is 0 Å². The highest BCUT2D eigenvalue weighted by Gasteiger charge is 2.20. The summed E-state index contributed by atoms with van der Waals surface area (Å²) in [5.74, 6) is 2.13. The molecular weight excluding hydrogens is 344 g/mol. The van der Waals surface area contributed by atoms with Crippen molar-refractivity contribution in [2.24, 2.45) is 0 Å². The van der Waals surface area contributed by atoms with Crippen LogP contribution in [-0.4, -0.2) is 37.9 Å². The van der Waals surface area contributed by atoms with Crippen LogP contribution in [-0.2, 0) is 4.79 Å². The molecule has 3 rings (SSSR count). The van der Waals surface area contributed by atoms with Crippen molar-refractivity contribution in [1.29, 1.82) is 0 Å². The Hall–Kier alpha value is -1.98. The Labute approximate surface area is 159 Å². The number of hydrogen-bond acceptors (Lipinski definition) is 4. The van der Waals surface area contributed by atoms with E-state index in [1.165, 1.54) is 10.5 Å². The van der Waals surface area contributed by atoms with Gasteiger partial charge in [-0.05, 0) is 43.4 Å². The van der Waals surface area contributed by atoms with Crippen LogP contribution < -0.4 is 15.0 Å². The lowest BCUT2D eigenvalue weighted by molar-refractivity contribution is -0.118. The molecule has 1 heterocycles. The van der Waals surface area contributed by atoms with Crippen LogP contribution in [0.15, 0.2) is 53.4 Å². The quantitative estimate of drug-likeness (QED) is 0.751. The first-order valence-electron chi connectivity index (χ1n) is 9.16. The third kappa shape index (κ3) is 5.26. The number of thioether (sulfide) groups is 1. The molecule has 4 nitrogen and oxygen atoms in total. The lowest BCUT2D eigenvalue weighted by Gasteiger charge is -2.22. The summed E-state index contributed by atoms with van der Waals surface area (Å²) in [5, 5.41) is 3.30. The third-order valence-electron chi connectivity index (χ3n) is 4.32. The predicted octanol–water partition coefficient (Wildman–Crippen LogP) is 3.88. The van der Waals surface area contributed by atoms with Crippen LogP contribution in [0.2, 0.25) is 0 Å². The van der Waals surface area contributed by atoms with Crippen molar-refractivity contribution in [3.63, 3.8) is 0 Å². The van der Waals surface area contributed by atoms with Gasteiger partial charge >= 0.3 is 0 Å². The molecule has 0 spiro atoms. The van der Waals surface area contributed by atoms with Crippen LogP contribution in [0, 0.1) is 6.92 Å². The van der Waals surface area contributed by atoms with E-state index in [0.29, 0.717) is 19.6 Å². The number of amides is 1. The Bertz CT molecular complexity index is 718. The van der Waals surface area contributed by atoms with Gasteiger partial charge < -0.3 is 15.0 Å². The van der Waals surface area contributed by atoms with E-state index in [1.807, 2.05) is 59.1 Å². The fourth-order valence-electron chi connectivity index (χ4n) is 2.92. The van der Waals surface area contributed by atoms with Gasteiger partial charge in [-0.15, -0.1) is 11.8 Å². The van der Waals surface area contributed by atoms with Crippen LogP contribution in [0.5, 0.6) is 5.75 Å². The largest absolute Gasteiger partial charge is 0.492 e. The van der Waals surface area contributed by atoms with Gasteiger partial charge in [-0.2, -0.15) is 0 Å². The van der Waals surface area contributed by atoms with Gasteiger partial charge in [0, 0.05) is 31.0 Å². The van der Waals surface area contributed by atoms with Crippen molar-refractivity contribution < 1.29 is 9.53 Å². The van der Waals surface area contributed by atoms with E-state index in [9.17, 15) is 4.79 Å². The van der Waals surface area contributed by atoms with E-state index < -0.39 is 0 Å². The SMILES string of the molecule is Cc1ccc(OCCNCCC(=O)N2CCCSc3ccccc32)cc1. The van der Waals surface area contributed by atoms with Gasteiger partial charge in [0.2, 0.25) is 5.91 Å². The molecule has 26 heavy (non-hydrogen) atoms. The molecule has 1 aliphatic rings. The third-order valence-corrected chi connectivity index (χ3v) is 5.47. The molecule has 0 fully saturated rings. The van der Waals surface area contributed by atoms with E-state index in [2.05, 4.69) is 18.3 Å². The van der Waals surface area contributed by atoms with Crippen molar-refractivity contribution in [2.45, 2.75) is 24.7 Å². The molecule has 0 aromatic heterocycles. The normalized spacial score (nSPS) is 13.8. The number of aryl methyl sites for hydroxylation is 1. The summed E-state index contributed by atoms with van der Waals surface area (Å²) in [6.07, 6.45) is 1.53. The van der Waals surface area contributed by atoms with Gasteiger partial charge in [0.15, 0.2) is 0 Å². The second-order valence-corrected chi connectivity index (χ2v) is 7.51. The number of carbonyl (C=O) groups excluding carboxylic acids is 1. The number of nitrogens with zero attached hydrogens (tertiary/aromatic N) is 1. The first kappa shape index (κ1) is 18.8. The number of rotatable bonds is 7. The van der Waals surface area contributed by atoms with E-state index in [4.69, 9.17) is 4.74 Å². The second kappa shape index (κ2) is 9.64. The molecule has 5 heteroatoms. The molecule has 1 amide bonds. The zero-order valence-electron chi connectivity index (χ0n) is 15.2. The number of ether oxygens (including phenoxy) is 1. The van der Waals surface area contributed by atoms with E-state index >= 15 is 0 Å². The fraction of sp³-hybridized carbons (Fsp3) is 0.381. The topological polar surface area (TPSA) is 41.6 Å². The van der Waals surface area contributed by atoms with Crippen molar-refractivity contribution in [1.82, 2.24) is 5.32 Å². The van der Waals surface area contributed by atoms with Gasteiger partial charge in [-0.25, -0.2) is 0 Å². The summed E-state index contributed by atoms with van der Waals surface area (Å²) in [6, 6.07) is 16.2. The predicted molar refractivity (Wildman–Crippen MR) is 108 cm³/mol. The lowest BCUT2D eigenvalue weighted by Crippen LogP contribution is -2.34. The minimum Gasteiger partial charge on any atom is -0.492 e. The molecule has 0 aliphatic carbocycles. The Morgan fingerprint density at radius 2 is 1.96 bits per heavy atom. The Balaban J connectivity index is 1.39. The van der Waals surface area contributed by atoms with Gasteiger partial charge in [-0.3, -0.25) is 4.79 Å². The molecule has 0 bridgehead atoms. The van der Waals surface area contributed by atoms with Crippen LogP contribution in [0.4, 0.5) is 5.69 Å². The van der Waals surface area contributed by atoms with Crippen molar-refractivity contribution in [2.75, 3.05) is 36.9 Å². The average molecular weight is 371 g/mol. The Morgan fingerprint density at radius 3 is 2.81 bits per heavy atom. The second-order valence-electron chi connectivity index (χ2n) is 6.38. The molecule has 0 atom stereocenters. The lowest BCUT2D eigenvalue weighted by atomic mass is 10.2. The number of fused-ring (bicyclic) bond motifs is 1. The van der Waals surface area contributed by atoms with Crippen LogP contribution in [0.25, 0.3) is 0 Å². The van der Waals surface area contributed by atoms with Crippen molar-refractivity contribution >= 4 is 23.4 Å². The summed E-state index contributed by atoms with van der Waals surface area (Å²) in [5.41, 5.74) is 2.28. The first-order chi connectivity index (χ1) is 12.7. The van der Waals surface area contributed by atoms with E-state index in [-0.39, 0.29) is 5.91 Å². The fourth-order valence-corrected chi connectivity index (χ4v) is 3.91. The highest BCUT2D eigenvalue weighted by Crippen LogP contribution is 2.33. The summed E-state index contributed by atoms with van der Waals surface area (Å²) in [6.45, 7) is 4.86. The number of carbonyl (C=O) groups is 1. The summed E-state index contributed by atoms with van der Waals surface area (Å²) < 4.78 is 5.69. The molecule has 0 saturated heterocycles. The van der Waals surface area contributed by atoms with Gasteiger partial charge in [0.25, 0.3) is 0 Å². The van der Waals surface area contributed by atoms with Gasteiger partial charge in [0.1, 0.15) is 12.4 Å². The zero-order valence-corrected chi connectivity index (χ0v) is 16.1. The highest BCUT2D eigenvalue weighted by atomic mass is 32.2. The van der Waals surface area contributed by atoms with Crippen LogP contribution in [0.1, 0.15) is 18.4 Å². The summed E-state index contributed by atoms with van der Waals surface area (Å²) in [7, 11) is 0. The Morgan fingerprint density at radius 1 is 1.15 bits per heavy atom. The number of hydrogen-bond donors (Lipinski definition) is 1. The maximum absolute atomic E-state index is 12.6. The van der Waals surface area contributed by atoms with E-state index in [1.54, 1.807) is 0 Å². The average Bonchev–Trinajstić information content (AvgIpc) is 2.88. The van der Waals surface area contributed by atoms with Crippen molar-refractivity contribution in [3.8, 4) is 5.75 Å². The molecule has 0 unspecified atom stereocenters. The molecule has 0 radical (unpaired) electrons. The van der Waals surface area contributed by atoms with Crippen molar-refractivity contribution in [3.05, 3.63) is 54.1 Å². The molecule has 138 valence electrons. The molecular formula is C21H26N2O2S. The number of nitrogens with one attached hydrogen (secondary N) is 1. The maximum atomic E-state index is 12.6. The molecule has 2 aromatic carbocycles. The van der Waals surface area contributed by atoms with Gasteiger partial charge in [-0.1, -0.05) is 29.8 Å². The number of anilines is 1. The Kier molecular flexibility index (Phi) is 6.97. The zero-order chi connectivity index (χ0) is 18.2. The summed E-state index contributed by atoms with van der Waals surface area (Å²) in [4.78, 5) is 15.8. The number of benzene rings is 2. The minimum atomic E-state index is 0.187.